The summed E-state index contributed by atoms with van der Waals surface area (Å²) in [5.41, 5.74) is 7.18. The lowest BCUT2D eigenvalue weighted by molar-refractivity contribution is -0.134. The largest absolute Gasteiger partial charge is 0.478 e. The molecule has 0 aliphatic carbocycles. The number of aliphatic carboxylic acids is 2. The van der Waals surface area contributed by atoms with Gasteiger partial charge in [-0.1, -0.05) is 58.4 Å². The predicted octanol–water partition coefficient (Wildman–Crippen LogP) is 2.69. The van der Waals surface area contributed by atoms with Gasteiger partial charge in [0.15, 0.2) is 0 Å². The van der Waals surface area contributed by atoms with E-state index in [1.165, 1.54) is 0 Å². The number of carboxylic acids is 2. The van der Waals surface area contributed by atoms with Crippen LogP contribution in [0.25, 0.3) is 0 Å². The van der Waals surface area contributed by atoms with Crippen LogP contribution in [0.1, 0.15) is 18.1 Å². The molecule has 0 aliphatic rings. The number of carbonyl (C=O) groups is 3. The van der Waals surface area contributed by atoms with Crippen molar-refractivity contribution >= 4 is 33.8 Å². The summed E-state index contributed by atoms with van der Waals surface area (Å²) in [5.74, 6) is -2.67. The van der Waals surface area contributed by atoms with E-state index in [2.05, 4.69) is 33.4 Å². The van der Waals surface area contributed by atoms with Gasteiger partial charge in [-0.25, -0.2) is 9.59 Å². The van der Waals surface area contributed by atoms with Crippen LogP contribution >= 0.6 is 15.9 Å². The van der Waals surface area contributed by atoms with Crippen molar-refractivity contribution in [1.29, 1.82) is 0 Å². The molecule has 0 radical (unpaired) electrons. The van der Waals surface area contributed by atoms with Crippen LogP contribution in [-0.2, 0) is 26.3 Å². The normalized spacial score (nSPS) is 12.4. The Morgan fingerprint density at radius 3 is 2.10 bits per heavy atom. The van der Waals surface area contributed by atoms with E-state index in [1.807, 2.05) is 49.4 Å². The lowest BCUT2D eigenvalue weighted by Gasteiger charge is -2.32. The van der Waals surface area contributed by atoms with Gasteiger partial charge in [0.2, 0.25) is 5.91 Å². The van der Waals surface area contributed by atoms with Gasteiger partial charge in [0.25, 0.3) is 0 Å². The van der Waals surface area contributed by atoms with E-state index in [0.29, 0.717) is 18.6 Å². The van der Waals surface area contributed by atoms with E-state index in [1.54, 1.807) is 0 Å². The third-order valence-electron chi connectivity index (χ3n) is 3.83. The van der Waals surface area contributed by atoms with Crippen molar-refractivity contribution in [2.75, 3.05) is 6.54 Å². The van der Waals surface area contributed by atoms with Gasteiger partial charge in [-0.05, 0) is 36.6 Å². The Morgan fingerprint density at radius 1 is 1.03 bits per heavy atom. The van der Waals surface area contributed by atoms with Gasteiger partial charge in [-0.2, -0.15) is 0 Å². The van der Waals surface area contributed by atoms with Crippen molar-refractivity contribution in [3.05, 3.63) is 82.3 Å². The first kappa shape index (κ1) is 24.1. The Bertz CT molecular complexity index is 854. The van der Waals surface area contributed by atoms with Gasteiger partial charge in [0, 0.05) is 16.6 Å². The lowest BCUT2D eigenvalue weighted by atomic mass is 9.85. The summed E-state index contributed by atoms with van der Waals surface area (Å²) in [6, 6.07) is 18.1. The zero-order valence-electron chi connectivity index (χ0n) is 15.8. The number of carbonyl (C=O) groups excluding carboxylic acids is 1. The Balaban J connectivity index is 0.000000447. The first-order chi connectivity index (χ1) is 13.7. The maximum Gasteiger partial charge on any atom is 0.328 e. The van der Waals surface area contributed by atoms with Crippen molar-refractivity contribution < 1.29 is 24.6 Å². The lowest BCUT2D eigenvalue weighted by Crippen LogP contribution is -2.47. The van der Waals surface area contributed by atoms with Crippen LogP contribution in [-0.4, -0.2) is 34.6 Å². The molecule has 2 aromatic carbocycles. The van der Waals surface area contributed by atoms with Crippen LogP contribution in [0.15, 0.2) is 71.2 Å². The van der Waals surface area contributed by atoms with Gasteiger partial charge in [0.1, 0.15) is 0 Å². The minimum Gasteiger partial charge on any atom is -0.478 e. The number of nitrogens with one attached hydrogen (secondary N) is 1. The molecule has 0 heterocycles. The Labute approximate surface area is 177 Å². The van der Waals surface area contributed by atoms with Crippen LogP contribution in [0.5, 0.6) is 0 Å². The van der Waals surface area contributed by atoms with Crippen LogP contribution in [0, 0.1) is 0 Å². The van der Waals surface area contributed by atoms with Crippen molar-refractivity contribution in [2.24, 2.45) is 5.73 Å². The number of benzene rings is 2. The topological polar surface area (TPSA) is 130 Å². The maximum absolute atomic E-state index is 11.8. The highest BCUT2D eigenvalue weighted by Gasteiger charge is 2.28. The molecule has 1 atom stereocenters. The van der Waals surface area contributed by atoms with Gasteiger partial charge in [-0.3, -0.25) is 4.79 Å². The Morgan fingerprint density at radius 2 is 1.62 bits per heavy atom. The SMILES string of the molecule is CC(Cc1cccc(Br)c1)(NC(=O)CN)c1ccccc1.O=C(O)/C=C\C(=O)O. The summed E-state index contributed by atoms with van der Waals surface area (Å²) >= 11 is 3.48. The molecule has 2 rings (SSSR count). The zero-order chi connectivity index (χ0) is 21.9. The minimum absolute atomic E-state index is 0.0130. The predicted molar refractivity (Wildman–Crippen MR) is 113 cm³/mol. The standard InChI is InChI=1S/C17H19BrN2O.C4H4O4/c1-17(20-16(21)12-19,14-7-3-2-4-8-14)11-13-6-5-9-15(18)10-13;5-3(6)1-2-4(7)8/h2-10H,11-12,19H2,1H3,(H,20,21);1-2H,(H,5,6)(H,7,8)/b;2-1-. The molecule has 29 heavy (non-hydrogen) atoms. The molecule has 2 aromatic rings. The summed E-state index contributed by atoms with van der Waals surface area (Å²) in [4.78, 5) is 30.9. The molecular formula is C21H23BrN2O5. The molecule has 5 N–H and O–H groups in total. The summed E-state index contributed by atoms with van der Waals surface area (Å²) in [6.07, 6.45) is 1.81. The summed E-state index contributed by atoms with van der Waals surface area (Å²) < 4.78 is 1.03. The van der Waals surface area contributed by atoms with E-state index in [0.717, 1.165) is 15.6 Å². The summed E-state index contributed by atoms with van der Waals surface area (Å²) in [5, 5.41) is 18.7. The highest BCUT2D eigenvalue weighted by Crippen LogP contribution is 2.26. The zero-order valence-corrected chi connectivity index (χ0v) is 17.4. The summed E-state index contributed by atoms with van der Waals surface area (Å²) in [6.45, 7) is 2.01. The van der Waals surface area contributed by atoms with Crippen LogP contribution in [0.2, 0.25) is 0 Å². The van der Waals surface area contributed by atoms with E-state index in [-0.39, 0.29) is 12.5 Å². The van der Waals surface area contributed by atoms with Gasteiger partial charge < -0.3 is 21.3 Å². The molecule has 0 spiro atoms. The average molecular weight is 463 g/mol. The molecule has 0 bridgehead atoms. The third-order valence-corrected chi connectivity index (χ3v) is 4.32. The molecule has 0 fully saturated rings. The number of rotatable bonds is 7. The number of halogens is 1. The van der Waals surface area contributed by atoms with E-state index >= 15 is 0 Å². The number of hydrogen-bond donors (Lipinski definition) is 4. The second kappa shape index (κ2) is 11.8. The van der Waals surface area contributed by atoms with E-state index in [4.69, 9.17) is 15.9 Å². The maximum atomic E-state index is 11.8. The van der Waals surface area contributed by atoms with Gasteiger partial charge in [-0.15, -0.1) is 0 Å². The van der Waals surface area contributed by atoms with Crippen molar-refractivity contribution in [2.45, 2.75) is 18.9 Å². The van der Waals surface area contributed by atoms with Gasteiger partial charge >= 0.3 is 11.9 Å². The van der Waals surface area contributed by atoms with Crippen LogP contribution in [0.3, 0.4) is 0 Å². The Kier molecular flexibility index (Phi) is 9.78. The number of hydrogen-bond acceptors (Lipinski definition) is 4. The second-order valence-corrected chi connectivity index (χ2v) is 7.18. The fourth-order valence-electron chi connectivity index (χ4n) is 2.58. The monoisotopic (exact) mass is 462 g/mol. The molecule has 154 valence electrons. The molecular weight excluding hydrogens is 440 g/mol. The highest BCUT2D eigenvalue weighted by molar-refractivity contribution is 9.10. The molecule has 0 aliphatic heterocycles. The Hall–Kier alpha value is -2.97. The number of amides is 1. The highest BCUT2D eigenvalue weighted by atomic mass is 79.9. The average Bonchev–Trinajstić information content (AvgIpc) is 2.67. The summed E-state index contributed by atoms with van der Waals surface area (Å²) in [7, 11) is 0. The molecule has 0 aromatic heterocycles. The molecule has 7 nitrogen and oxygen atoms in total. The fourth-order valence-corrected chi connectivity index (χ4v) is 3.03. The molecule has 0 saturated heterocycles. The third kappa shape index (κ3) is 9.18. The minimum atomic E-state index is -1.26. The number of nitrogens with two attached hydrogens (primary N) is 1. The van der Waals surface area contributed by atoms with Gasteiger partial charge in [0.05, 0.1) is 12.1 Å². The fraction of sp³-hybridized carbons (Fsp3) is 0.190. The molecule has 8 heteroatoms. The van der Waals surface area contributed by atoms with Crippen molar-refractivity contribution in [3.63, 3.8) is 0 Å². The van der Waals surface area contributed by atoms with Crippen molar-refractivity contribution in [1.82, 2.24) is 5.32 Å². The first-order valence-electron chi connectivity index (χ1n) is 8.61. The van der Waals surface area contributed by atoms with E-state index in [9.17, 15) is 14.4 Å². The number of carboxylic acid groups (broad SMARTS) is 2. The van der Waals surface area contributed by atoms with Crippen LogP contribution < -0.4 is 11.1 Å². The second-order valence-electron chi connectivity index (χ2n) is 6.27. The quantitative estimate of drug-likeness (QED) is 0.468. The molecule has 1 amide bonds. The first-order valence-corrected chi connectivity index (χ1v) is 9.40. The van der Waals surface area contributed by atoms with E-state index < -0.39 is 17.5 Å². The smallest absolute Gasteiger partial charge is 0.328 e. The van der Waals surface area contributed by atoms with Crippen LogP contribution in [0.4, 0.5) is 0 Å². The molecule has 1 unspecified atom stereocenters. The molecule has 0 saturated carbocycles. The van der Waals surface area contributed by atoms with Crippen molar-refractivity contribution in [3.8, 4) is 0 Å².